The third-order valence-corrected chi connectivity index (χ3v) is 5.98. The Balaban J connectivity index is 1.83. The first-order valence-electron chi connectivity index (χ1n) is 8.62. The Morgan fingerprint density at radius 2 is 1.41 bits per heavy atom. The predicted octanol–water partition coefficient (Wildman–Crippen LogP) is 6.97. The van der Waals surface area contributed by atoms with Crippen LogP contribution >= 0.6 is 34.8 Å². The molecule has 5 nitrogen and oxygen atoms in total. The molecule has 0 amide bonds. The maximum Gasteiger partial charge on any atom is 0.352 e. The number of fused-ring (bicyclic) bond motifs is 2. The van der Waals surface area contributed by atoms with Gasteiger partial charge in [-0.1, -0.05) is 34.8 Å². The fourth-order valence-electron chi connectivity index (χ4n) is 3.72. The molecule has 8 heteroatoms. The van der Waals surface area contributed by atoms with Gasteiger partial charge in [-0.25, -0.2) is 4.79 Å². The standard InChI is InChI=1S/C21H12Cl3N3O2/c22-9-1-2-17-10(3-9)13(7-25-17)19-14(8-27-20(19)21(28)29)12-6-26-18-5-16(24)15(23)4-11(12)18/h1-8,25-27H,(H,28,29). The van der Waals surface area contributed by atoms with E-state index in [-0.39, 0.29) is 5.69 Å². The smallest absolute Gasteiger partial charge is 0.352 e. The molecule has 29 heavy (non-hydrogen) atoms. The number of aromatic carboxylic acids is 1. The monoisotopic (exact) mass is 443 g/mol. The highest BCUT2D eigenvalue weighted by Gasteiger charge is 2.23. The van der Waals surface area contributed by atoms with Crippen LogP contribution in [0.3, 0.4) is 0 Å². The number of H-pyrrole nitrogens is 3. The summed E-state index contributed by atoms with van der Waals surface area (Å²) in [5, 5.41) is 12.9. The molecule has 0 bridgehead atoms. The number of nitrogens with one attached hydrogen (secondary N) is 3. The summed E-state index contributed by atoms with van der Waals surface area (Å²) in [6.45, 7) is 0. The minimum absolute atomic E-state index is 0.0929. The molecule has 0 radical (unpaired) electrons. The molecule has 0 aliphatic carbocycles. The molecule has 3 heterocycles. The molecule has 0 spiro atoms. The predicted molar refractivity (Wildman–Crippen MR) is 117 cm³/mol. The number of hydrogen-bond donors (Lipinski definition) is 4. The first-order valence-corrected chi connectivity index (χ1v) is 9.75. The average molecular weight is 445 g/mol. The highest BCUT2D eigenvalue weighted by atomic mass is 35.5. The van der Waals surface area contributed by atoms with E-state index in [0.29, 0.717) is 20.6 Å². The van der Waals surface area contributed by atoms with Crippen LogP contribution in [0.25, 0.3) is 44.1 Å². The number of hydrogen-bond acceptors (Lipinski definition) is 1. The lowest BCUT2D eigenvalue weighted by Gasteiger charge is -2.06. The van der Waals surface area contributed by atoms with Gasteiger partial charge in [0.05, 0.1) is 10.0 Å². The van der Waals surface area contributed by atoms with Crippen molar-refractivity contribution >= 4 is 62.6 Å². The van der Waals surface area contributed by atoms with Crippen molar-refractivity contribution in [3.63, 3.8) is 0 Å². The molecule has 5 aromatic rings. The van der Waals surface area contributed by atoms with Crippen molar-refractivity contribution in [2.75, 3.05) is 0 Å². The highest BCUT2D eigenvalue weighted by molar-refractivity contribution is 6.43. The molecule has 0 unspecified atom stereocenters. The second-order valence-electron chi connectivity index (χ2n) is 6.66. The molecule has 144 valence electrons. The van der Waals surface area contributed by atoms with E-state index in [0.717, 1.165) is 38.5 Å². The molecule has 4 N–H and O–H groups in total. The number of rotatable bonds is 3. The van der Waals surface area contributed by atoms with E-state index in [1.807, 2.05) is 18.3 Å². The normalized spacial score (nSPS) is 11.6. The maximum atomic E-state index is 12.0. The van der Waals surface area contributed by atoms with Gasteiger partial charge in [0.25, 0.3) is 0 Å². The lowest BCUT2D eigenvalue weighted by molar-refractivity contribution is 0.0692. The second-order valence-corrected chi connectivity index (χ2v) is 7.91. The number of carbonyl (C=O) groups is 1. The third-order valence-electron chi connectivity index (χ3n) is 5.02. The molecule has 0 saturated heterocycles. The van der Waals surface area contributed by atoms with E-state index in [9.17, 15) is 9.90 Å². The molecular formula is C21H12Cl3N3O2. The largest absolute Gasteiger partial charge is 0.477 e. The van der Waals surface area contributed by atoms with Gasteiger partial charge < -0.3 is 20.1 Å². The van der Waals surface area contributed by atoms with Crippen LogP contribution in [0, 0.1) is 0 Å². The zero-order chi connectivity index (χ0) is 20.3. The van der Waals surface area contributed by atoms with E-state index in [1.54, 1.807) is 30.6 Å². The SMILES string of the molecule is O=C(O)c1[nH]cc(-c2c[nH]c3cc(Cl)c(Cl)cc23)c1-c1c[nH]c2ccc(Cl)cc12. The van der Waals surface area contributed by atoms with Gasteiger partial charge in [-0.15, -0.1) is 0 Å². The van der Waals surface area contributed by atoms with E-state index in [1.165, 1.54) is 0 Å². The molecule has 5 rings (SSSR count). The lowest BCUT2D eigenvalue weighted by Crippen LogP contribution is -1.98. The highest BCUT2D eigenvalue weighted by Crippen LogP contribution is 2.42. The second kappa shape index (κ2) is 6.59. The fourth-order valence-corrected chi connectivity index (χ4v) is 4.22. The van der Waals surface area contributed by atoms with Gasteiger partial charge >= 0.3 is 5.97 Å². The summed E-state index contributed by atoms with van der Waals surface area (Å²) in [6.07, 6.45) is 5.30. The Labute approximate surface area is 179 Å². The van der Waals surface area contributed by atoms with Crippen LogP contribution in [0.1, 0.15) is 10.5 Å². The zero-order valence-corrected chi connectivity index (χ0v) is 16.9. The lowest BCUT2D eigenvalue weighted by atomic mass is 9.96. The number of benzene rings is 2. The third kappa shape index (κ3) is 2.82. The summed E-state index contributed by atoms with van der Waals surface area (Å²) in [4.78, 5) is 21.2. The molecule has 0 aliphatic rings. The van der Waals surface area contributed by atoms with Gasteiger partial charge in [0.2, 0.25) is 0 Å². The summed E-state index contributed by atoms with van der Waals surface area (Å²) < 4.78 is 0. The van der Waals surface area contributed by atoms with E-state index in [2.05, 4.69) is 15.0 Å². The van der Waals surface area contributed by atoms with Crippen LogP contribution in [0.15, 0.2) is 48.9 Å². The van der Waals surface area contributed by atoms with Crippen LogP contribution in [0.4, 0.5) is 0 Å². The molecule has 2 aromatic carbocycles. The summed E-state index contributed by atoms with van der Waals surface area (Å²) in [5.74, 6) is -1.05. The van der Waals surface area contributed by atoms with Gasteiger partial charge in [0.1, 0.15) is 5.69 Å². The Morgan fingerprint density at radius 1 is 0.759 bits per heavy atom. The molecule has 3 aromatic heterocycles. The van der Waals surface area contributed by atoms with Gasteiger partial charge in [-0.3, -0.25) is 0 Å². The topological polar surface area (TPSA) is 84.7 Å². The number of aromatic nitrogens is 3. The van der Waals surface area contributed by atoms with Crippen molar-refractivity contribution < 1.29 is 9.90 Å². The van der Waals surface area contributed by atoms with E-state index >= 15 is 0 Å². The first-order chi connectivity index (χ1) is 13.9. The summed E-state index contributed by atoms with van der Waals surface area (Å²) in [7, 11) is 0. The molecular weight excluding hydrogens is 433 g/mol. The first kappa shape index (κ1) is 18.2. The number of aromatic amines is 3. The van der Waals surface area contributed by atoms with Crippen molar-refractivity contribution in [2.24, 2.45) is 0 Å². The maximum absolute atomic E-state index is 12.0. The van der Waals surface area contributed by atoms with Crippen LogP contribution in [-0.2, 0) is 0 Å². The molecule has 0 atom stereocenters. The summed E-state index contributed by atoms with van der Waals surface area (Å²) in [6, 6.07) is 8.98. The van der Waals surface area contributed by atoms with Crippen molar-refractivity contribution in [3.8, 4) is 22.3 Å². The van der Waals surface area contributed by atoms with Gasteiger partial charge in [-0.05, 0) is 30.3 Å². The van der Waals surface area contributed by atoms with Crippen molar-refractivity contribution in [3.05, 3.63) is 69.7 Å². The summed E-state index contributed by atoms with van der Waals surface area (Å²) in [5.41, 5.74) is 4.61. The minimum atomic E-state index is -1.05. The van der Waals surface area contributed by atoms with Crippen LogP contribution in [-0.4, -0.2) is 26.0 Å². The zero-order valence-electron chi connectivity index (χ0n) is 14.6. The molecule has 0 fully saturated rings. The van der Waals surface area contributed by atoms with Crippen LogP contribution in [0.5, 0.6) is 0 Å². The van der Waals surface area contributed by atoms with E-state index < -0.39 is 5.97 Å². The fraction of sp³-hybridized carbons (Fsp3) is 0. The van der Waals surface area contributed by atoms with Gasteiger partial charge in [0, 0.05) is 67.7 Å². The Bertz CT molecular complexity index is 1430. The Kier molecular flexibility index (Phi) is 4.13. The van der Waals surface area contributed by atoms with Crippen molar-refractivity contribution in [2.45, 2.75) is 0 Å². The quantitative estimate of drug-likeness (QED) is 0.242. The molecule has 0 saturated carbocycles. The van der Waals surface area contributed by atoms with Gasteiger partial charge in [-0.2, -0.15) is 0 Å². The molecule has 0 aliphatic heterocycles. The van der Waals surface area contributed by atoms with Crippen LogP contribution < -0.4 is 0 Å². The average Bonchev–Trinajstić information content (AvgIpc) is 3.37. The van der Waals surface area contributed by atoms with E-state index in [4.69, 9.17) is 34.8 Å². The minimum Gasteiger partial charge on any atom is -0.477 e. The Hall–Kier alpha value is -2.86. The number of carboxylic acids is 1. The Morgan fingerprint density at radius 3 is 2.21 bits per heavy atom. The number of halogens is 3. The number of carboxylic acid groups (broad SMARTS) is 1. The van der Waals surface area contributed by atoms with Gasteiger partial charge in [0.15, 0.2) is 0 Å². The summed E-state index contributed by atoms with van der Waals surface area (Å²) >= 11 is 18.5. The van der Waals surface area contributed by atoms with Crippen molar-refractivity contribution in [1.82, 2.24) is 15.0 Å². The van der Waals surface area contributed by atoms with Crippen molar-refractivity contribution in [1.29, 1.82) is 0 Å². The van der Waals surface area contributed by atoms with Crippen LogP contribution in [0.2, 0.25) is 15.1 Å².